The van der Waals surface area contributed by atoms with Crippen LogP contribution in [-0.2, 0) is 19.4 Å². The number of H-pyrrole nitrogens is 1. The van der Waals surface area contributed by atoms with Crippen LogP contribution in [-0.4, -0.2) is 39.2 Å². The van der Waals surface area contributed by atoms with Gasteiger partial charge in [-0.15, -0.1) is 0 Å². The smallest absolute Gasteiger partial charge is 0.256 e. The summed E-state index contributed by atoms with van der Waals surface area (Å²) >= 11 is 13.3. The molecule has 4 rings (SSSR count). The molecule has 0 atom stereocenters. The molecule has 3 aromatic rings. The fourth-order valence-corrected chi connectivity index (χ4v) is 4.92. The average molecular weight is 476 g/mol. The number of rotatable bonds is 5. The largest absolute Gasteiger partial charge is 0.396 e. The van der Waals surface area contributed by atoms with Gasteiger partial charge in [0.1, 0.15) is 5.76 Å². The summed E-state index contributed by atoms with van der Waals surface area (Å²) < 4.78 is 5.31. The highest BCUT2D eigenvalue weighted by Crippen LogP contribution is 2.42. The van der Waals surface area contributed by atoms with Crippen molar-refractivity contribution in [1.82, 2.24) is 15.0 Å². The first kappa shape index (κ1) is 22.6. The molecule has 0 radical (unpaired) electrons. The van der Waals surface area contributed by atoms with Crippen molar-refractivity contribution in [3.05, 3.63) is 71.9 Å². The molecule has 0 saturated carbocycles. The molecule has 1 aliphatic heterocycles. The van der Waals surface area contributed by atoms with E-state index in [4.69, 9.17) is 27.7 Å². The van der Waals surface area contributed by atoms with Crippen molar-refractivity contribution in [1.29, 1.82) is 0 Å². The molecule has 32 heavy (non-hydrogen) atoms. The van der Waals surface area contributed by atoms with Crippen LogP contribution in [0.3, 0.4) is 0 Å². The number of benzene rings is 1. The Morgan fingerprint density at radius 1 is 1.19 bits per heavy atom. The number of carbonyl (C=O) groups is 1. The molecule has 1 aliphatic rings. The zero-order valence-corrected chi connectivity index (χ0v) is 19.5. The molecule has 1 amide bonds. The molecule has 9 heteroatoms. The minimum absolute atomic E-state index is 0.105. The van der Waals surface area contributed by atoms with Gasteiger partial charge in [-0.25, -0.2) is 0 Å². The van der Waals surface area contributed by atoms with Crippen LogP contribution < -0.4 is 5.56 Å². The summed E-state index contributed by atoms with van der Waals surface area (Å²) in [5.41, 5.74) is 4.68. The normalized spacial score (nSPS) is 13.6. The predicted octanol–water partition coefficient (Wildman–Crippen LogP) is 4.00. The number of aliphatic hydroxyl groups is 1. The van der Waals surface area contributed by atoms with Crippen LogP contribution in [0, 0.1) is 20.8 Å². The molecule has 2 N–H and O–H groups in total. The van der Waals surface area contributed by atoms with Crippen molar-refractivity contribution < 1.29 is 14.4 Å². The van der Waals surface area contributed by atoms with Gasteiger partial charge >= 0.3 is 0 Å². The van der Waals surface area contributed by atoms with Crippen LogP contribution in [0.1, 0.15) is 44.2 Å². The number of fused-ring (bicyclic) bond motifs is 1. The van der Waals surface area contributed by atoms with Gasteiger partial charge in [0.2, 0.25) is 0 Å². The number of nitrogens with one attached hydrogen (secondary N) is 1. The number of pyridine rings is 1. The minimum atomic E-state index is -0.280. The van der Waals surface area contributed by atoms with E-state index >= 15 is 0 Å². The van der Waals surface area contributed by atoms with Crippen LogP contribution in [0.2, 0.25) is 10.0 Å². The van der Waals surface area contributed by atoms with Crippen LogP contribution in [0.25, 0.3) is 11.1 Å². The monoisotopic (exact) mass is 475 g/mol. The van der Waals surface area contributed by atoms with Gasteiger partial charge in [-0.1, -0.05) is 28.4 Å². The molecule has 0 saturated heterocycles. The molecular formula is C23H23Cl2N3O4. The Morgan fingerprint density at radius 3 is 2.62 bits per heavy atom. The van der Waals surface area contributed by atoms with Crippen LogP contribution in [0.5, 0.6) is 0 Å². The summed E-state index contributed by atoms with van der Waals surface area (Å²) in [4.78, 5) is 30.4. The maximum Gasteiger partial charge on any atom is 0.256 e. The number of halogens is 2. The Kier molecular flexibility index (Phi) is 6.16. The summed E-state index contributed by atoms with van der Waals surface area (Å²) in [7, 11) is 0. The Morgan fingerprint density at radius 2 is 1.94 bits per heavy atom. The SMILES string of the molecule is Cc1cc(C)c(CN2CCc3c(Cl)cc(-c4c(CCO)noc4C)c(Cl)c3C2=O)c(=O)[nH]1. The lowest BCUT2D eigenvalue weighted by atomic mass is 9.92. The second-order valence-corrected chi connectivity index (χ2v) is 8.81. The van der Waals surface area contributed by atoms with Crippen molar-refractivity contribution >= 4 is 29.1 Å². The zero-order chi connectivity index (χ0) is 23.2. The van der Waals surface area contributed by atoms with E-state index in [1.807, 2.05) is 19.9 Å². The zero-order valence-electron chi connectivity index (χ0n) is 18.0. The van der Waals surface area contributed by atoms with Crippen molar-refractivity contribution in [3.8, 4) is 11.1 Å². The topological polar surface area (TPSA) is 99.4 Å². The molecule has 3 heterocycles. The molecule has 7 nitrogen and oxygen atoms in total. The van der Waals surface area contributed by atoms with Crippen molar-refractivity contribution in [2.75, 3.05) is 13.2 Å². The Balaban J connectivity index is 1.78. The fraction of sp³-hybridized carbons (Fsp3) is 0.348. The predicted molar refractivity (Wildman–Crippen MR) is 122 cm³/mol. The van der Waals surface area contributed by atoms with Crippen LogP contribution >= 0.6 is 23.2 Å². The summed E-state index contributed by atoms with van der Waals surface area (Å²) in [6, 6.07) is 3.61. The van der Waals surface area contributed by atoms with E-state index in [-0.39, 0.29) is 36.1 Å². The highest BCUT2D eigenvalue weighted by molar-refractivity contribution is 6.39. The van der Waals surface area contributed by atoms with Gasteiger partial charge in [-0.3, -0.25) is 9.59 Å². The summed E-state index contributed by atoms with van der Waals surface area (Å²) in [5, 5.41) is 14.1. The third kappa shape index (κ3) is 3.85. The Bertz CT molecular complexity index is 1280. The number of carbonyl (C=O) groups excluding carboxylic acids is 1. The van der Waals surface area contributed by atoms with Crippen molar-refractivity contribution in [2.45, 2.75) is 40.2 Å². The second kappa shape index (κ2) is 8.73. The lowest BCUT2D eigenvalue weighted by Gasteiger charge is -2.30. The second-order valence-electron chi connectivity index (χ2n) is 8.03. The highest BCUT2D eigenvalue weighted by Gasteiger charge is 2.32. The minimum Gasteiger partial charge on any atom is -0.396 e. The maximum atomic E-state index is 13.5. The van der Waals surface area contributed by atoms with Crippen LogP contribution in [0.15, 0.2) is 21.5 Å². The van der Waals surface area contributed by atoms with Crippen molar-refractivity contribution in [3.63, 3.8) is 0 Å². The number of aromatic amines is 1. The summed E-state index contributed by atoms with van der Waals surface area (Å²) in [6.45, 7) is 5.93. The van der Waals surface area contributed by atoms with E-state index in [0.29, 0.717) is 57.3 Å². The fourth-order valence-electron chi connectivity index (χ4n) is 4.28. The van der Waals surface area contributed by atoms with E-state index < -0.39 is 0 Å². The quantitative estimate of drug-likeness (QED) is 0.580. The number of aryl methyl sites for hydroxylation is 3. The van der Waals surface area contributed by atoms with E-state index in [1.54, 1.807) is 17.9 Å². The van der Waals surface area contributed by atoms with Gasteiger partial charge in [0.25, 0.3) is 11.5 Å². The molecule has 0 bridgehead atoms. The van der Waals surface area contributed by atoms with Gasteiger partial charge in [-0.05, 0) is 50.5 Å². The number of hydrogen-bond donors (Lipinski definition) is 2. The first-order chi connectivity index (χ1) is 15.2. The van der Waals surface area contributed by atoms with E-state index in [1.165, 1.54) is 0 Å². The van der Waals surface area contributed by atoms with E-state index in [9.17, 15) is 14.7 Å². The number of nitrogens with zero attached hydrogens (tertiary/aromatic N) is 2. The molecule has 0 spiro atoms. The summed E-state index contributed by atoms with van der Waals surface area (Å²) in [5.74, 6) is 0.241. The third-order valence-corrected chi connectivity index (χ3v) is 6.57. The van der Waals surface area contributed by atoms with E-state index in [2.05, 4.69) is 10.1 Å². The molecular weight excluding hydrogens is 453 g/mol. The lowest BCUT2D eigenvalue weighted by Crippen LogP contribution is -2.39. The standard InChI is InChI=1S/C23H23Cl2N3O4/c1-11-8-12(2)26-22(30)16(11)10-28-6-4-14-17(24)9-15(21(25)20(14)23(28)31)19-13(3)32-27-18(19)5-7-29/h8-9,29H,4-7,10H2,1-3H3,(H,26,30). The van der Waals surface area contributed by atoms with Gasteiger partial charge in [-0.2, -0.15) is 0 Å². The van der Waals surface area contributed by atoms with Gasteiger partial charge in [0, 0.05) is 47.0 Å². The number of amides is 1. The average Bonchev–Trinajstić information content (AvgIpc) is 3.08. The van der Waals surface area contributed by atoms with Gasteiger partial charge in [0.15, 0.2) is 0 Å². The number of aromatic nitrogens is 2. The first-order valence-corrected chi connectivity index (χ1v) is 11.0. The Hall–Kier alpha value is -2.61. The number of hydrogen-bond acceptors (Lipinski definition) is 5. The molecule has 0 unspecified atom stereocenters. The molecule has 0 aliphatic carbocycles. The third-order valence-electron chi connectivity index (χ3n) is 5.84. The maximum absolute atomic E-state index is 13.5. The Labute approximate surface area is 194 Å². The van der Waals surface area contributed by atoms with Crippen LogP contribution in [0.4, 0.5) is 0 Å². The molecule has 1 aromatic carbocycles. The first-order valence-electron chi connectivity index (χ1n) is 10.3. The lowest BCUT2D eigenvalue weighted by molar-refractivity contribution is 0.0726. The van der Waals surface area contributed by atoms with Gasteiger partial charge < -0.3 is 19.5 Å². The molecule has 2 aromatic heterocycles. The highest BCUT2D eigenvalue weighted by atomic mass is 35.5. The van der Waals surface area contributed by atoms with Crippen molar-refractivity contribution in [2.24, 2.45) is 0 Å². The summed E-state index contributed by atoms with van der Waals surface area (Å²) in [6.07, 6.45) is 0.808. The molecule has 0 fully saturated rings. The number of aliphatic hydroxyl groups excluding tert-OH is 1. The molecule has 168 valence electrons. The van der Waals surface area contributed by atoms with Gasteiger partial charge in [0.05, 0.1) is 22.8 Å². The van der Waals surface area contributed by atoms with E-state index in [0.717, 1.165) is 11.3 Å².